The highest BCUT2D eigenvalue weighted by Crippen LogP contribution is 2.51. The number of hydrogen-bond donors (Lipinski definition) is 1. The summed E-state index contributed by atoms with van der Waals surface area (Å²) in [6.07, 6.45) is 11.9. The van der Waals surface area contributed by atoms with Gasteiger partial charge in [0.05, 0.1) is 6.10 Å². The van der Waals surface area contributed by atoms with Gasteiger partial charge in [0.15, 0.2) is 0 Å². The molecule has 1 nitrogen and oxygen atoms in total. The Morgan fingerprint density at radius 1 is 1.12 bits per heavy atom. The lowest BCUT2D eigenvalue weighted by Gasteiger charge is -2.44. The van der Waals surface area contributed by atoms with Crippen molar-refractivity contribution in [1.82, 2.24) is 0 Å². The quantitative estimate of drug-likeness (QED) is 0.515. The predicted octanol–water partition coefficient (Wildman–Crippen LogP) is 6.56. The molecular weight excluding hydrogens is 324 g/mol. The number of aliphatic hydroxyl groups excluding tert-OH is 1. The van der Waals surface area contributed by atoms with Crippen molar-refractivity contribution >= 4 is 11.8 Å². The van der Waals surface area contributed by atoms with Crippen LogP contribution in [0.5, 0.6) is 0 Å². The molecular formula is C23H42OS. The van der Waals surface area contributed by atoms with Gasteiger partial charge in [-0.2, -0.15) is 11.8 Å². The number of thioether (sulfide) groups is 1. The fourth-order valence-corrected chi connectivity index (χ4v) is 7.55. The molecule has 0 aromatic carbocycles. The summed E-state index contributed by atoms with van der Waals surface area (Å²) < 4.78 is 0. The molecule has 1 saturated carbocycles. The van der Waals surface area contributed by atoms with E-state index < -0.39 is 0 Å². The van der Waals surface area contributed by atoms with E-state index in [0.717, 1.165) is 17.6 Å². The van der Waals surface area contributed by atoms with Gasteiger partial charge in [-0.1, -0.05) is 59.6 Å². The zero-order valence-electron chi connectivity index (χ0n) is 17.5. The number of hydrogen-bond acceptors (Lipinski definition) is 2. The van der Waals surface area contributed by atoms with Gasteiger partial charge in [-0.05, 0) is 67.4 Å². The topological polar surface area (TPSA) is 20.2 Å². The predicted molar refractivity (Wildman–Crippen MR) is 113 cm³/mol. The highest BCUT2D eigenvalue weighted by Gasteiger charge is 2.44. The molecule has 0 aromatic rings. The molecule has 146 valence electrons. The van der Waals surface area contributed by atoms with Gasteiger partial charge in [0.25, 0.3) is 0 Å². The third-order valence-electron chi connectivity index (χ3n) is 7.91. The SMILES string of the molecule is C/C=C/C1C(CCC2SCC(C)(CC)C2C)CC(CC)C(CC)C1O. The van der Waals surface area contributed by atoms with Gasteiger partial charge in [0.1, 0.15) is 0 Å². The molecule has 0 amide bonds. The molecule has 8 atom stereocenters. The van der Waals surface area contributed by atoms with E-state index in [0.29, 0.717) is 29.1 Å². The zero-order valence-corrected chi connectivity index (χ0v) is 18.3. The lowest BCUT2D eigenvalue weighted by molar-refractivity contribution is -0.0332. The molecule has 1 aliphatic carbocycles. The summed E-state index contributed by atoms with van der Waals surface area (Å²) in [7, 11) is 0. The van der Waals surface area contributed by atoms with Gasteiger partial charge >= 0.3 is 0 Å². The van der Waals surface area contributed by atoms with Crippen LogP contribution in [0.4, 0.5) is 0 Å². The van der Waals surface area contributed by atoms with E-state index in [1.807, 2.05) is 0 Å². The van der Waals surface area contributed by atoms with Crippen LogP contribution in [-0.4, -0.2) is 22.2 Å². The number of aliphatic hydroxyl groups is 1. The first kappa shape index (κ1) is 21.4. The van der Waals surface area contributed by atoms with Crippen LogP contribution in [0.25, 0.3) is 0 Å². The second-order valence-electron chi connectivity index (χ2n) is 9.05. The molecule has 2 heteroatoms. The number of rotatable bonds is 7. The molecule has 1 N–H and O–H groups in total. The van der Waals surface area contributed by atoms with Crippen LogP contribution in [0.3, 0.4) is 0 Å². The molecule has 0 radical (unpaired) electrons. The third kappa shape index (κ3) is 4.49. The van der Waals surface area contributed by atoms with E-state index in [4.69, 9.17) is 0 Å². The van der Waals surface area contributed by atoms with Crippen LogP contribution in [-0.2, 0) is 0 Å². The van der Waals surface area contributed by atoms with Crippen molar-refractivity contribution in [3.63, 3.8) is 0 Å². The molecule has 0 spiro atoms. The van der Waals surface area contributed by atoms with E-state index in [1.165, 1.54) is 37.9 Å². The minimum Gasteiger partial charge on any atom is -0.392 e. The molecule has 2 rings (SSSR count). The van der Waals surface area contributed by atoms with Crippen LogP contribution < -0.4 is 0 Å². The molecule has 1 saturated heterocycles. The first-order chi connectivity index (χ1) is 11.9. The summed E-state index contributed by atoms with van der Waals surface area (Å²) in [6.45, 7) is 14.0. The first-order valence-electron chi connectivity index (χ1n) is 10.8. The van der Waals surface area contributed by atoms with Crippen LogP contribution in [0.2, 0.25) is 0 Å². The minimum absolute atomic E-state index is 0.139. The summed E-state index contributed by atoms with van der Waals surface area (Å²) in [5, 5.41) is 11.9. The van der Waals surface area contributed by atoms with Crippen molar-refractivity contribution in [2.75, 3.05) is 5.75 Å². The molecule has 1 aliphatic heterocycles. The Balaban J connectivity index is 2.03. The van der Waals surface area contributed by atoms with Crippen molar-refractivity contribution in [1.29, 1.82) is 0 Å². The highest BCUT2D eigenvalue weighted by atomic mass is 32.2. The monoisotopic (exact) mass is 366 g/mol. The summed E-state index contributed by atoms with van der Waals surface area (Å²) in [4.78, 5) is 0. The molecule has 25 heavy (non-hydrogen) atoms. The van der Waals surface area contributed by atoms with Gasteiger partial charge in [0, 0.05) is 11.2 Å². The molecule has 0 aromatic heterocycles. The smallest absolute Gasteiger partial charge is 0.0636 e. The van der Waals surface area contributed by atoms with Crippen molar-refractivity contribution in [3.8, 4) is 0 Å². The van der Waals surface area contributed by atoms with Gasteiger partial charge < -0.3 is 5.11 Å². The highest BCUT2D eigenvalue weighted by molar-refractivity contribution is 8.00. The number of allylic oxidation sites excluding steroid dienone is 1. The van der Waals surface area contributed by atoms with Crippen LogP contribution in [0.1, 0.15) is 80.1 Å². The summed E-state index contributed by atoms with van der Waals surface area (Å²) in [6, 6.07) is 0. The second kappa shape index (κ2) is 9.31. The van der Waals surface area contributed by atoms with Gasteiger partial charge in [-0.25, -0.2) is 0 Å². The maximum Gasteiger partial charge on any atom is 0.0636 e. The van der Waals surface area contributed by atoms with E-state index >= 15 is 0 Å². The Morgan fingerprint density at radius 3 is 2.36 bits per heavy atom. The third-order valence-corrected chi connectivity index (χ3v) is 9.81. The van der Waals surface area contributed by atoms with Gasteiger partial charge in [-0.3, -0.25) is 0 Å². The average Bonchev–Trinajstić information content (AvgIpc) is 2.90. The Bertz CT molecular complexity index is 434. The Labute approximate surface area is 161 Å². The molecule has 2 fully saturated rings. The minimum atomic E-state index is -0.139. The second-order valence-corrected chi connectivity index (χ2v) is 10.3. The summed E-state index contributed by atoms with van der Waals surface area (Å²) in [5.41, 5.74) is 0.531. The molecule has 8 unspecified atom stereocenters. The maximum absolute atomic E-state index is 11.0. The average molecular weight is 367 g/mol. The van der Waals surface area contributed by atoms with Crippen molar-refractivity contribution in [2.45, 2.75) is 91.4 Å². The molecule has 0 bridgehead atoms. The zero-order chi connectivity index (χ0) is 18.6. The van der Waals surface area contributed by atoms with Crippen LogP contribution in [0, 0.1) is 35.0 Å². The fourth-order valence-electron chi connectivity index (χ4n) is 5.57. The fraction of sp³-hybridized carbons (Fsp3) is 0.913. The Hall–Kier alpha value is 0.0500. The van der Waals surface area contributed by atoms with Crippen molar-refractivity contribution < 1.29 is 5.11 Å². The largest absolute Gasteiger partial charge is 0.392 e. The lowest BCUT2D eigenvalue weighted by Crippen LogP contribution is -2.43. The van der Waals surface area contributed by atoms with E-state index in [-0.39, 0.29) is 6.10 Å². The Morgan fingerprint density at radius 2 is 1.84 bits per heavy atom. The van der Waals surface area contributed by atoms with Gasteiger partial charge in [-0.15, -0.1) is 0 Å². The van der Waals surface area contributed by atoms with Gasteiger partial charge in [0.2, 0.25) is 0 Å². The van der Waals surface area contributed by atoms with Crippen LogP contribution in [0.15, 0.2) is 12.2 Å². The standard InChI is InChI=1S/C23H42OS/c1-7-11-20-18(14-17(8-2)19(9-3)22(20)24)12-13-21-16(5)23(6,10-4)15-25-21/h7,11,16-22,24H,8-10,12-15H2,1-6H3/b11-7+. The van der Waals surface area contributed by atoms with Crippen LogP contribution >= 0.6 is 11.8 Å². The summed E-state index contributed by atoms with van der Waals surface area (Å²) in [5.74, 6) is 4.39. The molecule has 2 aliphatic rings. The van der Waals surface area contributed by atoms with E-state index in [9.17, 15) is 5.11 Å². The van der Waals surface area contributed by atoms with E-state index in [2.05, 4.69) is 65.5 Å². The maximum atomic E-state index is 11.0. The normalized spacial score (nSPS) is 45.3. The first-order valence-corrected chi connectivity index (χ1v) is 11.9. The lowest BCUT2D eigenvalue weighted by atomic mass is 9.63. The van der Waals surface area contributed by atoms with Crippen molar-refractivity contribution in [3.05, 3.63) is 12.2 Å². The Kier molecular flexibility index (Phi) is 7.95. The molecule has 1 heterocycles. The summed E-state index contributed by atoms with van der Waals surface area (Å²) >= 11 is 2.22. The van der Waals surface area contributed by atoms with E-state index in [1.54, 1.807) is 0 Å². The van der Waals surface area contributed by atoms with Crippen molar-refractivity contribution in [2.24, 2.45) is 35.0 Å².